The van der Waals surface area contributed by atoms with Crippen molar-refractivity contribution < 1.29 is 13.3 Å². The molecule has 0 saturated heterocycles. The second-order valence-corrected chi connectivity index (χ2v) is 6.88. The Hall–Kier alpha value is -1.67. The molecular weight excluding hydrogens is 282 g/mol. The fraction of sp³-hybridized carbons (Fsp3) is 0.500. The van der Waals surface area contributed by atoms with Gasteiger partial charge in [-0.2, -0.15) is 0 Å². The minimum absolute atomic E-state index is 0.0501. The molecule has 0 atom stereocenters. The second-order valence-electron chi connectivity index (χ2n) is 4.86. The van der Waals surface area contributed by atoms with E-state index in [0.29, 0.717) is 18.3 Å². The van der Waals surface area contributed by atoms with E-state index in [0.717, 1.165) is 18.9 Å². The number of nitro benzene ring substituents is 1. The summed E-state index contributed by atoms with van der Waals surface area (Å²) < 4.78 is 22.8. The Morgan fingerprint density at radius 1 is 1.35 bits per heavy atom. The third-order valence-corrected chi connectivity index (χ3v) is 4.16. The summed E-state index contributed by atoms with van der Waals surface area (Å²) in [5, 5.41) is 17.2. The van der Waals surface area contributed by atoms with Crippen molar-refractivity contribution in [3.8, 4) is 0 Å². The average molecular weight is 299 g/mol. The van der Waals surface area contributed by atoms with Gasteiger partial charge in [-0.3, -0.25) is 10.1 Å². The minimum Gasteiger partial charge on any atom is -0.378 e. The molecule has 0 aliphatic heterocycles. The zero-order chi connectivity index (χ0) is 14.8. The molecule has 0 radical (unpaired) electrons. The maximum atomic E-state index is 11.4. The molecule has 1 aliphatic rings. The normalized spacial score (nSPS) is 15.1. The number of hydrogen-bond donors (Lipinski definition) is 2. The van der Waals surface area contributed by atoms with Gasteiger partial charge in [-0.1, -0.05) is 0 Å². The molecule has 1 aliphatic carbocycles. The fourth-order valence-electron chi connectivity index (χ4n) is 1.80. The Labute approximate surface area is 117 Å². The highest BCUT2D eigenvalue weighted by Gasteiger charge is 2.20. The molecule has 2 rings (SSSR count). The molecule has 1 fully saturated rings. The number of nitro groups is 1. The standard InChI is InChI=1S/C12H17N3O4S/c1-20(18,19)10-4-5-11(12(8-10)15(16)17)14-7-6-13-9-2-3-9/h4-5,8-9,13-14H,2-3,6-7H2,1H3. The van der Waals surface area contributed by atoms with Crippen molar-refractivity contribution in [2.45, 2.75) is 23.8 Å². The average Bonchev–Trinajstić information content (AvgIpc) is 3.17. The summed E-state index contributed by atoms with van der Waals surface area (Å²) >= 11 is 0. The first-order valence-corrected chi connectivity index (χ1v) is 8.23. The Bertz CT molecular complexity index is 611. The molecule has 0 aromatic heterocycles. The summed E-state index contributed by atoms with van der Waals surface area (Å²) in [4.78, 5) is 10.4. The summed E-state index contributed by atoms with van der Waals surface area (Å²) in [6.45, 7) is 1.27. The van der Waals surface area contributed by atoms with Crippen LogP contribution in [0.25, 0.3) is 0 Å². The lowest BCUT2D eigenvalue weighted by Gasteiger charge is -2.08. The van der Waals surface area contributed by atoms with Crippen LogP contribution in [0, 0.1) is 10.1 Å². The summed E-state index contributed by atoms with van der Waals surface area (Å²) in [6.07, 6.45) is 3.39. The van der Waals surface area contributed by atoms with Crippen LogP contribution in [0.4, 0.5) is 11.4 Å². The van der Waals surface area contributed by atoms with Crippen molar-refractivity contribution in [3.05, 3.63) is 28.3 Å². The van der Waals surface area contributed by atoms with Crippen LogP contribution in [0.15, 0.2) is 23.1 Å². The third kappa shape index (κ3) is 3.91. The molecule has 1 saturated carbocycles. The number of anilines is 1. The van der Waals surface area contributed by atoms with Gasteiger partial charge in [0, 0.05) is 31.5 Å². The molecule has 8 heteroatoms. The monoisotopic (exact) mass is 299 g/mol. The minimum atomic E-state index is -3.45. The summed E-state index contributed by atoms with van der Waals surface area (Å²) in [5.41, 5.74) is 0.111. The summed E-state index contributed by atoms with van der Waals surface area (Å²) in [5.74, 6) is 0. The first-order chi connectivity index (χ1) is 9.38. The number of nitrogens with zero attached hydrogens (tertiary/aromatic N) is 1. The van der Waals surface area contributed by atoms with Gasteiger partial charge >= 0.3 is 0 Å². The van der Waals surface area contributed by atoms with E-state index in [-0.39, 0.29) is 10.6 Å². The number of nitrogens with one attached hydrogen (secondary N) is 2. The second kappa shape index (κ2) is 5.76. The quantitative estimate of drug-likeness (QED) is 0.445. The third-order valence-electron chi connectivity index (χ3n) is 3.04. The highest BCUT2D eigenvalue weighted by Crippen LogP contribution is 2.27. The van der Waals surface area contributed by atoms with E-state index in [1.54, 1.807) is 0 Å². The predicted molar refractivity (Wildman–Crippen MR) is 75.7 cm³/mol. The topological polar surface area (TPSA) is 101 Å². The van der Waals surface area contributed by atoms with Gasteiger partial charge in [0.2, 0.25) is 0 Å². The SMILES string of the molecule is CS(=O)(=O)c1ccc(NCCNC2CC2)c([N+](=O)[O-])c1. The molecule has 20 heavy (non-hydrogen) atoms. The molecule has 1 aromatic carbocycles. The van der Waals surface area contributed by atoms with Crippen LogP contribution in [0.5, 0.6) is 0 Å². The molecule has 0 bridgehead atoms. The number of sulfone groups is 1. The first-order valence-electron chi connectivity index (χ1n) is 6.33. The number of rotatable bonds is 7. The molecule has 0 amide bonds. The Morgan fingerprint density at radius 3 is 2.60 bits per heavy atom. The van der Waals surface area contributed by atoms with Gasteiger partial charge in [-0.05, 0) is 25.0 Å². The van der Waals surface area contributed by atoms with Crippen molar-refractivity contribution in [1.29, 1.82) is 0 Å². The maximum absolute atomic E-state index is 11.4. The lowest BCUT2D eigenvalue weighted by Crippen LogP contribution is -2.24. The van der Waals surface area contributed by atoms with Crippen molar-refractivity contribution >= 4 is 21.2 Å². The van der Waals surface area contributed by atoms with Crippen molar-refractivity contribution in [2.75, 3.05) is 24.7 Å². The van der Waals surface area contributed by atoms with Gasteiger partial charge in [0.05, 0.1) is 9.82 Å². The van der Waals surface area contributed by atoms with Gasteiger partial charge in [0.25, 0.3) is 5.69 Å². The van der Waals surface area contributed by atoms with Crippen LogP contribution in [-0.2, 0) is 9.84 Å². The highest BCUT2D eigenvalue weighted by atomic mass is 32.2. The van der Waals surface area contributed by atoms with Crippen LogP contribution in [0.1, 0.15) is 12.8 Å². The van der Waals surface area contributed by atoms with E-state index in [1.807, 2.05) is 0 Å². The Balaban J connectivity index is 2.08. The Morgan fingerprint density at radius 2 is 2.05 bits per heavy atom. The van der Waals surface area contributed by atoms with Crippen LogP contribution in [0.3, 0.4) is 0 Å². The zero-order valence-electron chi connectivity index (χ0n) is 11.1. The van der Waals surface area contributed by atoms with Crippen LogP contribution in [0.2, 0.25) is 0 Å². The molecule has 1 aromatic rings. The van der Waals surface area contributed by atoms with Crippen molar-refractivity contribution in [2.24, 2.45) is 0 Å². The van der Waals surface area contributed by atoms with Crippen molar-refractivity contribution in [3.63, 3.8) is 0 Å². The van der Waals surface area contributed by atoms with Crippen LogP contribution < -0.4 is 10.6 Å². The fourth-order valence-corrected chi connectivity index (χ4v) is 2.44. The smallest absolute Gasteiger partial charge is 0.293 e. The highest BCUT2D eigenvalue weighted by molar-refractivity contribution is 7.90. The van der Waals surface area contributed by atoms with Gasteiger partial charge in [0.1, 0.15) is 5.69 Å². The van der Waals surface area contributed by atoms with Gasteiger partial charge < -0.3 is 10.6 Å². The molecule has 110 valence electrons. The molecular formula is C12H17N3O4S. The molecule has 0 heterocycles. The van der Waals surface area contributed by atoms with E-state index < -0.39 is 14.8 Å². The maximum Gasteiger partial charge on any atom is 0.293 e. The van der Waals surface area contributed by atoms with E-state index >= 15 is 0 Å². The molecule has 2 N–H and O–H groups in total. The van der Waals surface area contributed by atoms with Gasteiger partial charge in [0.15, 0.2) is 9.84 Å². The van der Waals surface area contributed by atoms with Gasteiger partial charge in [-0.25, -0.2) is 8.42 Å². The van der Waals surface area contributed by atoms with E-state index in [9.17, 15) is 18.5 Å². The lowest BCUT2D eigenvalue weighted by atomic mass is 10.2. The van der Waals surface area contributed by atoms with E-state index in [1.165, 1.54) is 25.0 Å². The van der Waals surface area contributed by atoms with Crippen LogP contribution in [-0.4, -0.2) is 38.7 Å². The van der Waals surface area contributed by atoms with E-state index in [4.69, 9.17) is 0 Å². The summed E-state index contributed by atoms with van der Waals surface area (Å²) in [6, 6.07) is 4.48. The van der Waals surface area contributed by atoms with Crippen LogP contribution >= 0.6 is 0 Å². The largest absolute Gasteiger partial charge is 0.378 e. The summed E-state index contributed by atoms with van der Waals surface area (Å²) in [7, 11) is -3.45. The van der Waals surface area contributed by atoms with Crippen molar-refractivity contribution in [1.82, 2.24) is 5.32 Å². The molecule has 0 spiro atoms. The number of benzene rings is 1. The zero-order valence-corrected chi connectivity index (χ0v) is 11.9. The Kier molecular flexibility index (Phi) is 4.24. The predicted octanol–water partition coefficient (Wildman–Crippen LogP) is 1.16. The van der Waals surface area contributed by atoms with Gasteiger partial charge in [-0.15, -0.1) is 0 Å². The number of hydrogen-bond acceptors (Lipinski definition) is 6. The first kappa shape index (κ1) is 14.7. The van der Waals surface area contributed by atoms with E-state index in [2.05, 4.69) is 10.6 Å². The molecule has 7 nitrogen and oxygen atoms in total. The lowest BCUT2D eigenvalue weighted by molar-refractivity contribution is -0.384. The molecule has 0 unspecified atom stereocenters.